The number of amides is 1. The van der Waals surface area contributed by atoms with Gasteiger partial charge >= 0.3 is 0 Å². The standard InChI is InChI=1S/C13H13BrN2O2/c1-9-11(4-6-18-9)8-16(2)13(17)10-3-5-15-12(14)7-10/h3-7H,8H2,1-2H3. The maximum absolute atomic E-state index is 12.2. The van der Waals surface area contributed by atoms with Crippen molar-refractivity contribution in [2.24, 2.45) is 0 Å². The molecular formula is C13H13BrN2O2. The lowest BCUT2D eigenvalue weighted by molar-refractivity contribution is 0.0784. The number of aryl methyl sites for hydroxylation is 1. The fourth-order valence-electron chi connectivity index (χ4n) is 1.66. The Bertz CT molecular complexity index is 566. The fourth-order valence-corrected chi connectivity index (χ4v) is 2.02. The highest BCUT2D eigenvalue weighted by molar-refractivity contribution is 9.10. The molecule has 1 amide bonds. The molecule has 0 aliphatic rings. The van der Waals surface area contributed by atoms with Crippen LogP contribution in [-0.2, 0) is 6.54 Å². The monoisotopic (exact) mass is 308 g/mol. The zero-order valence-corrected chi connectivity index (χ0v) is 11.8. The van der Waals surface area contributed by atoms with E-state index in [2.05, 4.69) is 20.9 Å². The Morgan fingerprint density at radius 3 is 2.89 bits per heavy atom. The molecule has 94 valence electrons. The van der Waals surface area contributed by atoms with E-state index < -0.39 is 0 Å². The van der Waals surface area contributed by atoms with E-state index >= 15 is 0 Å². The Hall–Kier alpha value is -1.62. The summed E-state index contributed by atoms with van der Waals surface area (Å²) in [6.07, 6.45) is 3.24. The first-order chi connectivity index (χ1) is 8.58. The van der Waals surface area contributed by atoms with E-state index in [1.54, 1.807) is 36.5 Å². The Kier molecular flexibility index (Phi) is 3.81. The third-order valence-corrected chi connectivity index (χ3v) is 3.13. The summed E-state index contributed by atoms with van der Waals surface area (Å²) >= 11 is 3.25. The van der Waals surface area contributed by atoms with Gasteiger partial charge in [-0.15, -0.1) is 0 Å². The number of halogens is 1. The van der Waals surface area contributed by atoms with Crippen LogP contribution < -0.4 is 0 Å². The number of furan rings is 1. The van der Waals surface area contributed by atoms with Crippen LogP contribution in [-0.4, -0.2) is 22.8 Å². The van der Waals surface area contributed by atoms with Gasteiger partial charge < -0.3 is 9.32 Å². The largest absolute Gasteiger partial charge is 0.469 e. The second-order valence-electron chi connectivity index (χ2n) is 4.03. The lowest BCUT2D eigenvalue weighted by Gasteiger charge is -2.16. The molecule has 2 heterocycles. The lowest BCUT2D eigenvalue weighted by atomic mass is 10.2. The van der Waals surface area contributed by atoms with Crippen LogP contribution in [0.2, 0.25) is 0 Å². The Morgan fingerprint density at radius 1 is 1.50 bits per heavy atom. The summed E-state index contributed by atoms with van der Waals surface area (Å²) in [4.78, 5) is 17.8. The topological polar surface area (TPSA) is 46.3 Å². The first-order valence-corrected chi connectivity index (χ1v) is 6.27. The van der Waals surface area contributed by atoms with Crippen molar-refractivity contribution in [3.8, 4) is 0 Å². The summed E-state index contributed by atoms with van der Waals surface area (Å²) in [5.74, 6) is 0.796. The predicted molar refractivity (Wildman–Crippen MR) is 71.2 cm³/mol. The van der Waals surface area contributed by atoms with E-state index in [1.807, 2.05) is 13.0 Å². The van der Waals surface area contributed by atoms with Gasteiger partial charge in [-0.25, -0.2) is 4.98 Å². The molecule has 0 aliphatic heterocycles. The quantitative estimate of drug-likeness (QED) is 0.819. The molecule has 0 saturated carbocycles. The summed E-state index contributed by atoms with van der Waals surface area (Å²) in [5, 5.41) is 0. The van der Waals surface area contributed by atoms with Gasteiger partial charge in [0.15, 0.2) is 0 Å². The maximum atomic E-state index is 12.2. The minimum atomic E-state index is -0.0429. The highest BCUT2D eigenvalue weighted by Gasteiger charge is 2.14. The number of rotatable bonds is 3. The number of carbonyl (C=O) groups is 1. The van der Waals surface area contributed by atoms with Gasteiger partial charge in [0.25, 0.3) is 5.91 Å². The Balaban J connectivity index is 2.12. The van der Waals surface area contributed by atoms with Crippen LogP contribution in [0.3, 0.4) is 0 Å². The van der Waals surface area contributed by atoms with Crippen LogP contribution in [0.1, 0.15) is 21.7 Å². The molecule has 4 nitrogen and oxygen atoms in total. The van der Waals surface area contributed by atoms with Crippen molar-refractivity contribution >= 4 is 21.8 Å². The van der Waals surface area contributed by atoms with E-state index in [4.69, 9.17) is 4.42 Å². The minimum absolute atomic E-state index is 0.0429. The second-order valence-corrected chi connectivity index (χ2v) is 4.84. The van der Waals surface area contributed by atoms with Crippen molar-refractivity contribution in [3.63, 3.8) is 0 Å². The van der Waals surface area contributed by atoms with Crippen LogP contribution in [0, 0.1) is 6.92 Å². The third-order valence-electron chi connectivity index (χ3n) is 2.69. The summed E-state index contributed by atoms with van der Waals surface area (Å²) in [7, 11) is 1.77. The molecule has 0 atom stereocenters. The third kappa shape index (κ3) is 2.79. The van der Waals surface area contributed by atoms with Crippen molar-refractivity contribution in [1.29, 1.82) is 0 Å². The van der Waals surface area contributed by atoms with E-state index in [-0.39, 0.29) is 5.91 Å². The maximum Gasteiger partial charge on any atom is 0.254 e. The van der Waals surface area contributed by atoms with Gasteiger partial charge in [-0.3, -0.25) is 4.79 Å². The van der Waals surface area contributed by atoms with Gasteiger partial charge in [0.2, 0.25) is 0 Å². The van der Waals surface area contributed by atoms with Gasteiger partial charge in [-0.05, 0) is 41.1 Å². The Morgan fingerprint density at radius 2 is 2.28 bits per heavy atom. The van der Waals surface area contributed by atoms with Gasteiger partial charge in [-0.1, -0.05) is 0 Å². The van der Waals surface area contributed by atoms with E-state index in [0.717, 1.165) is 11.3 Å². The molecule has 0 unspecified atom stereocenters. The van der Waals surface area contributed by atoms with Crippen molar-refractivity contribution in [3.05, 3.63) is 52.1 Å². The van der Waals surface area contributed by atoms with Gasteiger partial charge in [0.1, 0.15) is 10.4 Å². The highest BCUT2D eigenvalue weighted by atomic mass is 79.9. The van der Waals surface area contributed by atoms with Crippen LogP contribution in [0.4, 0.5) is 0 Å². The SMILES string of the molecule is Cc1occc1CN(C)C(=O)c1ccnc(Br)c1. The molecule has 5 heteroatoms. The molecule has 2 rings (SSSR count). The van der Waals surface area contributed by atoms with Crippen LogP contribution >= 0.6 is 15.9 Å². The molecule has 0 saturated heterocycles. The number of aromatic nitrogens is 1. The lowest BCUT2D eigenvalue weighted by Crippen LogP contribution is -2.26. The smallest absolute Gasteiger partial charge is 0.254 e. The molecule has 0 fully saturated rings. The molecule has 2 aromatic rings. The minimum Gasteiger partial charge on any atom is -0.469 e. The second kappa shape index (κ2) is 5.35. The molecule has 18 heavy (non-hydrogen) atoms. The van der Waals surface area contributed by atoms with E-state index in [9.17, 15) is 4.79 Å². The number of hydrogen-bond donors (Lipinski definition) is 0. The number of hydrogen-bond acceptors (Lipinski definition) is 3. The molecular weight excluding hydrogens is 296 g/mol. The van der Waals surface area contributed by atoms with Crippen LogP contribution in [0.25, 0.3) is 0 Å². The molecule has 0 radical (unpaired) electrons. The van der Waals surface area contributed by atoms with Crippen molar-refractivity contribution in [1.82, 2.24) is 9.88 Å². The zero-order chi connectivity index (χ0) is 13.1. The molecule has 0 aliphatic carbocycles. The summed E-state index contributed by atoms with van der Waals surface area (Å²) in [5.41, 5.74) is 1.62. The fraction of sp³-hybridized carbons (Fsp3) is 0.231. The van der Waals surface area contributed by atoms with Crippen molar-refractivity contribution in [2.75, 3.05) is 7.05 Å². The average Bonchev–Trinajstić information content (AvgIpc) is 2.74. The summed E-state index contributed by atoms with van der Waals surface area (Å²) < 4.78 is 5.87. The Labute approximate surface area is 114 Å². The molecule has 0 aromatic carbocycles. The van der Waals surface area contributed by atoms with Crippen LogP contribution in [0.15, 0.2) is 39.7 Å². The summed E-state index contributed by atoms with van der Waals surface area (Å²) in [6, 6.07) is 5.29. The molecule has 0 spiro atoms. The van der Waals surface area contributed by atoms with Gasteiger partial charge in [0.05, 0.1) is 6.26 Å². The number of pyridine rings is 1. The predicted octanol–water partition coefficient (Wildman–Crippen LogP) is 3.02. The van der Waals surface area contributed by atoms with E-state index in [0.29, 0.717) is 16.7 Å². The van der Waals surface area contributed by atoms with Gasteiger partial charge in [-0.2, -0.15) is 0 Å². The molecule has 2 aromatic heterocycles. The average molecular weight is 309 g/mol. The normalized spacial score (nSPS) is 10.4. The summed E-state index contributed by atoms with van der Waals surface area (Å²) in [6.45, 7) is 2.41. The molecule has 0 N–H and O–H groups in total. The highest BCUT2D eigenvalue weighted by Crippen LogP contribution is 2.14. The van der Waals surface area contributed by atoms with Crippen molar-refractivity contribution in [2.45, 2.75) is 13.5 Å². The number of nitrogens with zero attached hydrogens (tertiary/aromatic N) is 2. The van der Waals surface area contributed by atoms with Gasteiger partial charge in [0, 0.05) is 30.9 Å². The zero-order valence-electron chi connectivity index (χ0n) is 10.2. The first kappa shape index (κ1) is 12.8. The number of carbonyl (C=O) groups excluding carboxylic acids is 1. The van der Waals surface area contributed by atoms with Crippen molar-refractivity contribution < 1.29 is 9.21 Å². The molecule has 0 bridgehead atoms. The van der Waals surface area contributed by atoms with Crippen LogP contribution in [0.5, 0.6) is 0 Å². The first-order valence-electron chi connectivity index (χ1n) is 5.48. The van der Waals surface area contributed by atoms with E-state index in [1.165, 1.54) is 0 Å².